The standard InChI is InChI=1S/C15H15BrO2/c1-10-6-4-7-11(16)14(10)15-12(17-2)8-5-9-13(15)18-3/h4-9H,1-3H3. The lowest BCUT2D eigenvalue weighted by Crippen LogP contribution is -1.95. The van der Waals surface area contributed by atoms with Crippen molar-refractivity contribution in [1.29, 1.82) is 0 Å². The molecule has 2 aromatic rings. The number of ether oxygens (including phenoxy) is 2. The van der Waals surface area contributed by atoms with E-state index >= 15 is 0 Å². The Morgan fingerprint density at radius 3 is 1.89 bits per heavy atom. The Morgan fingerprint density at radius 2 is 1.39 bits per heavy atom. The first-order valence-corrected chi connectivity index (χ1v) is 6.44. The lowest BCUT2D eigenvalue weighted by molar-refractivity contribution is 0.397. The van der Waals surface area contributed by atoms with E-state index in [2.05, 4.69) is 28.9 Å². The smallest absolute Gasteiger partial charge is 0.130 e. The molecule has 0 spiro atoms. The van der Waals surface area contributed by atoms with E-state index in [4.69, 9.17) is 9.47 Å². The molecule has 0 heterocycles. The second kappa shape index (κ2) is 5.44. The summed E-state index contributed by atoms with van der Waals surface area (Å²) in [5.74, 6) is 1.62. The van der Waals surface area contributed by atoms with Crippen molar-refractivity contribution < 1.29 is 9.47 Å². The Bertz CT molecular complexity index is 522. The predicted octanol–water partition coefficient (Wildman–Crippen LogP) is 4.44. The van der Waals surface area contributed by atoms with Gasteiger partial charge in [-0.15, -0.1) is 0 Å². The normalized spacial score (nSPS) is 10.2. The van der Waals surface area contributed by atoms with Gasteiger partial charge in [-0.1, -0.05) is 34.1 Å². The van der Waals surface area contributed by atoms with Gasteiger partial charge >= 0.3 is 0 Å². The first kappa shape index (κ1) is 13.0. The van der Waals surface area contributed by atoms with Gasteiger partial charge in [0.15, 0.2) is 0 Å². The third-order valence-electron chi connectivity index (χ3n) is 2.90. The van der Waals surface area contributed by atoms with Crippen LogP contribution in [0.4, 0.5) is 0 Å². The van der Waals surface area contributed by atoms with E-state index < -0.39 is 0 Å². The second-order valence-corrected chi connectivity index (χ2v) is 4.82. The van der Waals surface area contributed by atoms with Crippen LogP contribution in [0.3, 0.4) is 0 Å². The van der Waals surface area contributed by atoms with Crippen molar-refractivity contribution in [3.63, 3.8) is 0 Å². The zero-order valence-corrected chi connectivity index (χ0v) is 12.2. The van der Waals surface area contributed by atoms with Crippen molar-refractivity contribution >= 4 is 15.9 Å². The molecule has 0 aliphatic heterocycles. The van der Waals surface area contributed by atoms with Gasteiger partial charge in [0.25, 0.3) is 0 Å². The van der Waals surface area contributed by atoms with Gasteiger partial charge in [0.1, 0.15) is 11.5 Å². The zero-order valence-electron chi connectivity index (χ0n) is 10.7. The Balaban J connectivity index is 2.77. The third-order valence-corrected chi connectivity index (χ3v) is 3.56. The van der Waals surface area contributed by atoms with Crippen LogP contribution in [0.15, 0.2) is 40.9 Å². The quantitative estimate of drug-likeness (QED) is 0.834. The maximum absolute atomic E-state index is 5.45. The van der Waals surface area contributed by atoms with Crippen LogP contribution < -0.4 is 9.47 Å². The number of hydrogen-bond donors (Lipinski definition) is 0. The van der Waals surface area contributed by atoms with Crippen molar-refractivity contribution in [2.75, 3.05) is 14.2 Å². The number of benzene rings is 2. The van der Waals surface area contributed by atoms with Gasteiger partial charge in [0, 0.05) is 10.0 Å². The molecule has 0 amide bonds. The molecule has 2 nitrogen and oxygen atoms in total. The van der Waals surface area contributed by atoms with Gasteiger partial charge in [0.2, 0.25) is 0 Å². The molecular weight excluding hydrogens is 292 g/mol. The molecule has 18 heavy (non-hydrogen) atoms. The molecule has 0 saturated heterocycles. The summed E-state index contributed by atoms with van der Waals surface area (Å²) in [6, 6.07) is 11.9. The lowest BCUT2D eigenvalue weighted by atomic mass is 9.99. The molecule has 0 atom stereocenters. The van der Waals surface area contributed by atoms with Gasteiger partial charge in [-0.05, 0) is 30.7 Å². The fourth-order valence-electron chi connectivity index (χ4n) is 2.05. The Labute approximate surface area is 116 Å². The largest absolute Gasteiger partial charge is 0.496 e. The molecule has 0 aliphatic rings. The molecule has 3 heteroatoms. The summed E-state index contributed by atoms with van der Waals surface area (Å²) in [7, 11) is 3.34. The Hall–Kier alpha value is -1.48. The maximum Gasteiger partial charge on any atom is 0.130 e. The highest BCUT2D eigenvalue weighted by Gasteiger charge is 2.16. The van der Waals surface area contributed by atoms with Crippen LogP contribution in [-0.4, -0.2) is 14.2 Å². The molecule has 94 valence electrons. The van der Waals surface area contributed by atoms with Crippen LogP contribution in [0.5, 0.6) is 11.5 Å². The average molecular weight is 307 g/mol. The molecule has 0 aliphatic carbocycles. The van der Waals surface area contributed by atoms with Crippen molar-refractivity contribution in [2.24, 2.45) is 0 Å². The van der Waals surface area contributed by atoms with Crippen molar-refractivity contribution in [3.8, 4) is 22.6 Å². The van der Waals surface area contributed by atoms with Crippen LogP contribution >= 0.6 is 15.9 Å². The summed E-state index contributed by atoms with van der Waals surface area (Å²) in [6.07, 6.45) is 0. The lowest BCUT2D eigenvalue weighted by Gasteiger charge is -2.16. The highest BCUT2D eigenvalue weighted by atomic mass is 79.9. The van der Waals surface area contributed by atoms with Gasteiger partial charge in [-0.3, -0.25) is 0 Å². The van der Waals surface area contributed by atoms with E-state index in [1.165, 1.54) is 5.56 Å². The minimum atomic E-state index is 0.810. The summed E-state index contributed by atoms with van der Waals surface area (Å²) in [5, 5.41) is 0. The molecule has 2 aromatic carbocycles. The number of methoxy groups -OCH3 is 2. The van der Waals surface area contributed by atoms with Crippen molar-refractivity contribution in [3.05, 3.63) is 46.4 Å². The topological polar surface area (TPSA) is 18.5 Å². The monoisotopic (exact) mass is 306 g/mol. The molecule has 0 saturated carbocycles. The van der Waals surface area contributed by atoms with Crippen molar-refractivity contribution in [1.82, 2.24) is 0 Å². The van der Waals surface area contributed by atoms with E-state index in [1.807, 2.05) is 30.3 Å². The summed E-state index contributed by atoms with van der Waals surface area (Å²) < 4.78 is 11.9. The van der Waals surface area contributed by atoms with Gasteiger partial charge < -0.3 is 9.47 Å². The SMILES string of the molecule is COc1cccc(OC)c1-c1c(C)cccc1Br. The molecule has 0 bridgehead atoms. The van der Waals surface area contributed by atoms with Crippen molar-refractivity contribution in [2.45, 2.75) is 6.92 Å². The number of aryl methyl sites for hydroxylation is 1. The predicted molar refractivity (Wildman–Crippen MR) is 77.4 cm³/mol. The van der Waals surface area contributed by atoms with Crippen LogP contribution in [0.1, 0.15) is 5.56 Å². The maximum atomic E-state index is 5.45. The number of rotatable bonds is 3. The minimum absolute atomic E-state index is 0.810. The van der Waals surface area contributed by atoms with E-state index in [1.54, 1.807) is 14.2 Å². The summed E-state index contributed by atoms with van der Waals surface area (Å²) >= 11 is 3.60. The van der Waals surface area contributed by atoms with E-state index in [0.29, 0.717) is 0 Å². The highest BCUT2D eigenvalue weighted by molar-refractivity contribution is 9.10. The Morgan fingerprint density at radius 1 is 0.833 bits per heavy atom. The first-order chi connectivity index (χ1) is 8.69. The number of halogens is 1. The van der Waals surface area contributed by atoms with Gasteiger partial charge in [-0.25, -0.2) is 0 Å². The van der Waals surface area contributed by atoms with Crippen LogP contribution in [-0.2, 0) is 0 Å². The number of hydrogen-bond acceptors (Lipinski definition) is 2. The third kappa shape index (κ3) is 2.23. The first-order valence-electron chi connectivity index (χ1n) is 5.65. The summed E-state index contributed by atoms with van der Waals surface area (Å²) in [4.78, 5) is 0. The van der Waals surface area contributed by atoms with Crippen LogP contribution in [0.25, 0.3) is 11.1 Å². The molecule has 0 radical (unpaired) electrons. The minimum Gasteiger partial charge on any atom is -0.496 e. The van der Waals surface area contributed by atoms with Crippen LogP contribution in [0.2, 0.25) is 0 Å². The molecule has 2 rings (SSSR count). The second-order valence-electron chi connectivity index (χ2n) is 3.97. The zero-order chi connectivity index (χ0) is 13.1. The molecule has 0 unspecified atom stereocenters. The van der Waals surface area contributed by atoms with E-state index in [9.17, 15) is 0 Å². The van der Waals surface area contributed by atoms with E-state index in [-0.39, 0.29) is 0 Å². The summed E-state index contributed by atoms with van der Waals surface area (Å²) in [6.45, 7) is 2.08. The molecule has 0 aromatic heterocycles. The molecule has 0 N–H and O–H groups in total. The van der Waals surface area contributed by atoms with E-state index in [0.717, 1.165) is 27.1 Å². The van der Waals surface area contributed by atoms with Gasteiger partial charge in [-0.2, -0.15) is 0 Å². The van der Waals surface area contributed by atoms with Gasteiger partial charge in [0.05, 0.1) is 19.8 Å². The average Bonchev–Trinajstić information content (AvgIpc) is 2.38. The highest BCUT2D eigenvalue weighted by Crippen LogP contribution is 2.43. The molecule has 0 fully saturated rings. The van der Waals surface area contributed by atoms with Crippen LogP contribution in [0, 0.1) is 6.92 Å². The summed E-state index contributed by atoms with van der Waals surface area (Å²) in [5.41, 5.74) is 3.26. The fraction of sp³-hybridized carbons (Fsp3) is 0.200. The fourth-order valence-corrected chi connectivity index (χ4v) is 2.71. The molecular formula is C15H15BrO2. The Kier molecular flexibility index (Phi) is 3.92.